The number of rotatable bonds is 12. The monoisotopic (exact) mass is 535 g/mol. The highest BCUT2D eigenvalue weighted by molar-refractivity contribution is 7.89. The number of sulfonamides is 1. The Hall–Kier alpha value is -2.12. The highest BCUT2D eigenvalue weighted by Gasteiger charge is 2.30. The predicted octanol–water partition coefficient (Wildman–Crippen LogP) is 1.74. The first-order valence-electron chi connectivity index (χ1n) is 13.1. The second kappa shape index (κ2) is 11.7. The summed E-state index contributed by atoms with van der Waals surface area (Å²) in [6, 6.07) is 0.540. The number of hydrogen-bond donors (Lipinski definition) is 2. The van der Waals surface area contributed by atoms with Crippen molar-refractivity contribution in [3.8, 4) is 11.3 Å². The van der Waals surface area contributed by atoms with E-state index in [1.165, 1.54) is 0 Å². The van der Waals surface area contributed by atoms with E-state index in [4.69, 9.17) is 9.72 Å². The molecule has 0 aliphatic carbocycles. The van der Waals surface area contributed by atoms with E-state index in [1.54, 1.807) is 42.3 Å². The number of ether oxygens (including phenoxy) is 1. The molecule has 0 bridgehead atoms. The van der Waals surface area contributed by atoms with Crippen molar-refractivity contribution in [2.45, 2.75) is 70.7 Å². The van der Waals surface area contributed by atoms with Crippen LogP contribution < -0.4 is 5.32 Å². The number of likely N-dealkylation sites (tertiary alicyclic amines) is 1. The maximum atomic E-state index is 12.9. The highest BCUT2D eigenvalue weighted by atomic mass is 32.2. The SMILES string of the molecule is COC[C@@H]1CCN1CCCS(=O)(=O)N1CCC(Nc2ncc(C)c(-c3cnn(CC(C)(C)O)c3)n2)CC1. The minimum atomic E-state index is -3.26. The number of aryl methyl sites for hydroxylation is 1. The fraction of sp³-hybridized carbons (Fsp3) is 0.720. The Morgan fingerprint density at radius 1 is 1.19 bits per heavy atom. The number of hydrogen-bond acceptors (Lipinski definition) is 9. The van der Waals surface area contributed by atoms with Crippen molar-refractivity contribution in [1.29, 1.82) is 0 Å². The van der Waals surface area contributed by atoms with Crippen molar-refractivity contribution in [1.82, 2.24) is 29.0 Å². The molecule has 0 amide bonds. The molecule has 2 N–H and O–H groups in total. The number of anilines is 1. The van der Waals surface area contributed by atoms with Crippen LogP contribution in [0.2, 0.25) is 0 Å². The van der Waals surface area contributed by atoms with Crippen LogP contribution in [0.3, 0.4) is 0 Å². The molecule has 0 unspecified atom stereocenters. The first-order valence-corrected chi connectivity index (χ1v) is 14.7. The summed E-state index contributed by atoms with van der Waals surface area (Å²) in [5, 5.41) is 17.8. The van der Waals surface area contributed by atoms with Crippen molar-refractivity contribution in [3.05, 3.63) is 24.2 Å². The Bertz CT molecular complexity index is 1140. The summed E-state index contributed by atoms with van der Waals surface area (Å²) >= 11 is 0. The molecule has 12 heteroatoms. The van der Waals surface area contributed by atoms with E-state index < -0.39 is 15.6 Å². The molecule has 0 radical (unpaired) electrons. The number of nitrogens with zero attached hydrogens (tertiary/aromatic N) is 6. The molecule has 0 saturated carbocycles. The lowest BCUT2D eigenvalue weighted by molar-refractivity contribution is 0.0240. The minimum absolute atomic E-state index is 0.107. The molecular weight excluding hydrogens is 494 g/mol. The van der Waals surface area contributed by atoms with Gasteiger partial charge in [0.1, 0.15) is 0 Å². The third kappa shape index (κ3) is 7.47. The average molecular weight is 536 g/mol. The van der Waals surface area contributed by atoms with Gasteiger partial charge in [0, 0.05) is 56.8 Å². The molecule has 1 atom stereocenters. The number of aromatic nitrogens is 4. The van der Waals surface area contributed by atoms with E-state index >= 15 is 0 Å². The first kappa shape index (κ1) is 27.9. The van der Waals surface area contributed by atoms with Crippen LogP contribution in [0.1, 0.15) is 45.1 Å². The van der Waals surface area contributed by atoms with Crippen LogP contribution in [-0.2, 0) is 21.3 Å². The van der Waals surface area contributed by atoms with Gasteiger partial charge in [-0.15, -0.1) is 0 Å². The zero-order chi connectivity index (χ0) is 26.6. The summed E-state index contributed by atoms with van der Waals surface area (Å²) in [5.74, 6) is 0.713. The van der Waals surface area contributed by atoms with Gasteiger partial charge in [0.25, 0.3) is 0 Å². The molecule has 2 aliphatic heterocycles. The molecule has 2 aromatic heterocycles. The Kier molecular flexibility index (Phi) is 8.85. The van der Waals surface area contributed by atoms with Gasteiger partial charge in [-0.3, -0.25) is 9.58 Å². The van der Waals surface area contributed by atoms with E-state index in [0.717, 1.165) is 36.3 Å². The first-order chi connectivity index (χ1) is 17.5. The van der Waals surface area contributed by atoms with Crippen LogP contribution in [0.25, 0.3) is 11.3 Å². The van der Waals surface area contributed by atoms with Gasteiger partial charge in [0.05, 0.1) is 36.4 Å². The van der Waals surface area contributed by atoms with E-state index in [-0.39, 0.29) is 11.8 Å². The Morgan fingerprint density at radius 3 is 2.59 bits per heavy atom. The average Bonchev–Trinajstić information content (AvgIpc) is 3.27. The van der Waals surface area contributed by atoms with Crippen molar-refractivity contribution in [2.24, 2.45) is 0 Å². The summed E-state index contributed by atoms with van der Waals surface area (Å²) in [7, 11) is -1.55. The molecule has 4 heterocycles. The number of aliphatic hydroxyl groups is 1. The molecule has 2 aromatic rings. The topological polar surface area (TPSA) is 126 Å². The van der Waals surface area contributed by atoms with Gasteiger partial charge in [-0.25, -0.2) is 22.7 Å². The molecule has 2 aliphatic rings. The lowest BCUT2D eigenvalue weighted by Gasteiger charge is -2.40. The third-order valence-electron chi connectivity index (χ3n) is 7.08. The Morgan fingerprint density at radius 2 is 1.95 bits per heavy atom. The molecule has 2 fully saturated rings. The molecule has 37 heavy (non-hydrogen) atoms. The van der Waals surface area contributed by atoms with E-state index in [9.17, 15) is 13.5 Å². The predicted molar refractivity (Wildman–Crippen MR) is 143 cm³/mol. The van der Waals surface area contributed by atoms with Crippen molar-refractivity contribution < 1.29 is 18.3 Å². The lowest BCUT2D eigenvalue weighted by Crippen LogP contribution is -2.51. The fourth-order valence-electron chi connectivity index (χ4n) is 4.98. The number of piperidine rings is 1. The van der Waals surface area contributed by atoms with Crippen molar-refractivity contribution in [3.63, 3.8) is 0 Å². The van der Waals surface area contributed by atoms with Crippen molar-refractivity contribution >= 4 is 16.0 Å². The van der Waals surface area contributed by atoms with Gasteiger partial charge in [-0.1, -0.05) is 0 Å². The quantitative estimate of drug-likeness (QED) is 0.418. The van der Waals surface area contributed by atoms with Gasteiger partial charge in [0.2, 0.25) is 16.0 Å². The normalized spacial score (nSPS) is 20.2. The van der Waals surface area contributed by atoms with E-state index in [2.05, 4.69) is 20.3 Å². The molecule has 0 spiro atoms. The Labute approximate surface area is 220 Å². The van der Waals surface area contributed by atoms with Gasteiger partial charge in [-0.05, 0) is 58.6 Å². The van der Waals surface area contributed by atoms with Crippen LogP contribution in [0.5, 0.6) is 0 Å². The third-order valence-corrected chi connectivity index (χ3v) is 9.04. The second-order valence-corrected chi connectivity index (χ2v) is 13.0. The van der Waals surface area contributed by atoms with Gasteiger partial charge >= 0.3 is 0 Å². The van der Waals surface area contributed by atoms with Crippen LogP contribution >= 0.6 is 0 Å². The minimum Gasteiger partial charge on any atom is -0.389 e. The van der Waals surface area contributed by atoms with Crippen molar-refractivity contribution in [2.75, 3.05) is 51.0 Å². The van der Waals surface area contributed by atoms with E-state index in [0.29, 0.717) is 57.5 Å². The maximum Gasteiger partial charge on any atom is 0.223 e. The van der Waals surface area contributed by atoms with Gasteiger partial charge in [-0.2, -0.15) is 5.10 Å². The zero-order valence-corrected chi connectivity index (χ0v) is 23.2. The molecule has 0 aromatic carbocycles. The molecule has 2 saturated heterocycles. The van der Waals surface area contributed by atoms with Crippen LogP contribution in [-0.4, -0.2) is 106 Å². The lowest BCUT2D eigenvalue weighted by atomic mass is 10.0. The summed E-state index contributed by atoms with van der Waals surface area (Å²) in [5.41, 5.74) is 1.72. The summed E-state index contributed by atoms with van der Waals surface area (Å²) < 4.78 is 34.3. The smallest absolute Gasteiger partial charge is 0.223 e. The Balaban J connectivity index is 1.27. The summed E-state index contributed by atoms with van der Waals surface area (Å²) in [4.78, 5) is 11.5. The molecule has 4 rings (SSSR count). The maximum absolute atomic E-state index is 12.9. The van der Waals surface area contributed by atoms with E-state index in [1.807, 2.05) is 13.1 Å². The zero-order valence-electron chi connectivity index (χ0n) is 22.4. The number of nitrogens with one attached hydrogen (secondary N) is 1. The molecular formula is C25H41N7O4S. The van der Waals surface area contributed by atoms with Crippen LogP contribution in [0.4, 0.5) is 5.95 Å². The molecule has 206 valence electrons. The van der Waals surface area contributed by atoms with Gasteiger partial charge < -0.3 is 15.2 Å². The largest absolute Gasteiger partial charge is 0.389 e. The number of methoxy groups -OCH3 is 1. The van der Waals surface area contributed by atoms with Crippen LogP contribution in [0.15, 0.2) is 18.6 Å². The molecule has 11 nitrogen and oxygen atoms in total. The fourth-order valence-corrected chi connectivity index (χ4v) is 6.50. The summed E-state index contributed by atoms with van der Waals surface area (Å²) in [6.45, 7) is 9.36. The summed E-state index contributed by atoms with van der Waals surface area (Å²) in [6.07, 6.45) is 8.59. The standard InChI is InChI=1S/C25H41N7O4S/c1-19-14-26-24(29-23(19)20-15-27-31(16-20)18-25(2,3)33)28-21-6-11-32(12-7-21)37(34,35)13-5-9-30-10-8-22(30)17-36-4/h14-16,21-22,33H,5-13,17-18H2,1-4H3,(H,26,28,29)/t22-/m0/s1. The van der Waals surface area contributed by atoms with Crippen LogP contribution in [0, 0.1) is 6.92 Å². The highest BCUT2D eigenvalue weighted by Crippen LogP contribution is 2.24. The second-order valence-electron chi connectivity index (χ2n) is 10.9. The van der Waals surface area contributed by atoms with Gasteiger partial charge in [0.15, 0.2) is 0 Å².